The van der Waals surface area contributed by atoms with Crippen LogP contribution in [0.25, 0.3) is 0 Å². The molecule has 0 spiro atoms. The number of carbonyl (C=O) groups is 12. The number of carbonyl (C=O) groups excluding carboxylic acids is 10. The zero-order chi connectivity index (χ0) is 65.8. The zero-order valence-electron chi connectivity index (χ0n) is 49.6. The van der Waals surface area contributed by atoms with Gasteiger partial charge < -0.3 is 68.9 Å². The second-order valence-corrected chi connectivity index (χ2v) is 23.0. The van der Waals surface area contributed by atoms with Crippen LogP contribution in [-0.2, 0) is 71.1 Å². The first-order valence-corrected chi connectivity index (χ1v) is 29.4. The largest absolute Gasteiger partial charge is 0.508 e. The fourth-order valence-electron chi connectivity index (χ4n) is 8.50. The Hall–Kier alpha value is -8.76. The average Bonchev–Trinajstić information content (AvgIpc) is 3.54. The fraction of sp³-hybridized carbons (Fsp3) is 0.492. The van der Waals surface area contributed by atoms with Crippen LogP contribution in [0.4, 0.5) is 13.2 Å². The van der Waals surface area contributed by atoms with E-state index < -0.39 is 168 Å². The molecule has 10 amide bonds. The number of aromatic hydroxyl groups is 1. The molecular formula is C59H79F3N10O15S. The molecule has 0 unspecified atom stereocenters. The predicted octanol–water partition coefficient (Wildman–Crippen LogP) is 2.18. The molecule has 0 radical (unpaired) electrons. The Morgan fingerprint density at radius 1 is 0.557 bits per heavy atom. The molecule has 88 heavy (non-hydrogen) atoms. The normalized spacial score (nSPS) is 13.7. The number of nitrogens with two attached hydrogens (primary N) is 1. The van der Waals surface area contributed by atoms with Gasteiger partial charge in [-0.1, -0.05) is 84.0 Å². The van der Waals surface area contributed by atoms with E-state index >= 15 is 0 Å². The number of nitrogens with one attached hydrogen (secondary N) is 9. The lowest BCUT2D eigenvalue weighted by Crippen LogP contribution is -2.60. The van der Waals surface area contributed by atoms with E-state index in [9.17, 15) is 86.0 Å². The molecule has 25 nitrogen and oxygen atoms in total. The predicted molar refractivity (Wildman–Crippen MR) is 316 cm³/mol. The quantitative estimate of drug-likeness (QED) is 0.0368. The summed E-state index contributed by atoms with van der Waals surface area (Å²) >= 11 is 0.819. The zero-order valence-corrected chi connectivity index (χ0v) is 50.4. The number of alkyl halides is 3. The molecule has 0 aromatic heterocycles. The molecule has 0 aliphatic carbocycles. The van der Waals surface area contributed by atoms with Gasteiger partial charge in [-0.3, -0.25) is 57.5 Å². The van der Waals surface area contributed by atoms with Gasteiger partial charge in [0.1, 0.15) is 47.3 Å². The summed E-state index contributed by atoms with van der Waals surface area (Å²) in [4.78, 5) is 159. The summed E-state index contributed by atoms with van der Waals surface area (Å²) < 4.78 is 39.2. The van der Waals surface area contributed by atoms with Gasteiger partial charge in [0.15, 0.2) is 0 Å². The number of aliphatic carboxylic acids is 2. The van der Waals surface area contributed by atoms with E-state index in [1.807, 2.05) is 0 Å². The van der Waals surface area contributed by atoms with Crippen molar-refractivity contribution < 1.29 is 86.0 Å². The van der Waals surface area contributed by atoms with Crippen LogP contribution in [0.1, 0.15) is 114 Å². The Labute approximate surface area is 511 Å². The van der Waals surface area contributed by atoms with Crippen molar-refractivity contribution in [1.82, 2.24) is 47.9 Å². The number of hydrogen-bond donors (Lipinski definition) is 13. The molecule has 0 saturated carbocycles. The minimum absolute atomic E-state index is 0.0248. The van der Waals surface area contributed by atoms with E-state index in [2.05, 4.69) is 47.9 Å². The van der Waals surface area contributed by atoms with Crippen LogP contribution >= 0.6 is 11.8 Å². The lowest BCUT2D eigenvalue weighted by atomic mass is 9.99. The first-order valence-electron chi connectivity index (χ1n) is 28.3. The minimum Gasteiger partial charge on any atom is -0.508 e. The Bertz CT molecular complexity index is 2880. The van der Waals surface area contributed by atoms with Crippen molar-refractivity contribution in [2.45, 2.75) is 146 Å². The highest BCUT2D eigenvalue weighted by atomic mass is 32.2. The maximum atomic E-state index is 14.5. The van der Waals surface area contributed by atoms with Crippen LogP contribution in [0.5, 0.6) is 5.75 Å². The number of primary amides is 1. The van der Waals surface area contributed by atoms with Crippen molar-refractivity contribution in [3.05, 3.63) is 101 Å². The SMILES string of the molecule is CC(C)C[C@H](NC(=O)[C@@H](NC(=O)CNC(=O)c1ccccc1)C(C)C)C(=O)N[C@@H](CCCCNC(=O)C[C@@H](SCc1ccc(C(F)(F)F)cc1)C(=O)O)C(=O)N[C@@H](CCC(=O)O)C(=O)N[C@@H](Cc1ccc(O)cc1)C(=O)NCC(=O)N[C@H](C(N)=O)C(C)C. The second-order valence-electron chi connectivity index (χ2n) is 21.8. The maximum Gasteiger partial charge on any atom is 0.416 e. The van der Waals surface area contributed by atoms with Gasteiger partial charge in [-0.15, -0.1) is 11.8 Å². The summed E-state index contributed by atoms with van der Waals surface area (Å²) in [5.74, 6) is -12.6. The molecule has 0 aliphatic heterocycles. The van der Waals surface area contributed by atoms with Crippen LogP contribution in [0.15, 0.2) is 78.9 Å². The topological polar surface area (TPSA) is 400 Å². The van der Waals surface area contributed by atoms with Crippen LogP contribution < -0.4 is 53.6 Å². The molecule has 29 heteroatoms. The highest BCUT2D eigenvalue weighted by Gasteiger charge is 2.35. The van der Waals surface area contributed by atoms with Crippen LogP contribution in [0, 0.1) is 17.8 Å². The number of phenols is 1. The third-order valence-electron chi connectivity index (χ3n) is 13.3. The van der Waals surface area contributed by atoms with Gasteiger partial charge in [0.2, 0.25) is 53.2 Å². The highest BCUT2D eigenvalue weighted by molar-refractivity contribution is 7.99. The number of phenolic OH excluding ortho intramolecular Hbond substituents is 1. The van der Waals surface area contributed by atoms with Gasteiger partial charge in [-0.25, -0.2) is 0 Å². The molecule has 3 aromatic carbocycles. The number of hydrogen-bond acceptors (Lipinski definition) is 14. The van der Waals surface area contributed by atoms with E-state index in [0.29, 0.717) is 11.1 Å². The summed E-state index contributed by atoms with van der Waals surface area (Å²) in [6.07, 6.45) is -6.84. The van der Waals surface area contributed by atoms with Crippen molar-refractivity contribution in [3.63, 3.8) is 0 Å². The molecule has 0 saturated heterocycles. The number of carboxylic acid groups (broad SMARTS) is 2. The van der Waals surface area contributed by atoms with Gasteiger partial charge in [0.05, 0.1) is 18.7 Å². The van der Waals surface area contributed by atoms with Crippen molar-refractivity contribution in [1.29, 1.82) is 0 Å². The van der Waals surface area contributed by atoms with Crippen molar-refractivity contribution in [2.75, 3.05) is 19.6 Å². The van der Waals surface area contributed by atoms with E-state index in [1.54, 1.807) is 59.7 Å². The molecule has 482 valence electrons. The highest BCUT2D eigenvalue weighted by Crippen LogP contribution is 2.30. The van der Waals surface area contributed by atoms with E-state index in [4.69, 9.17) is 5.73 Å². The van der Waals surface area contributed by atoms with Crippen molar-refractivity contribution in [2.24, 2.45) is 23.5 Å². The molecule has 0 fully saturated rings. The number of thioether (sulfide) groups is 1. The second kappa shape index (κ2) is 36.4. The lowest BCUT2D eigenvalue weighted by molar-refractivity contribution is -0.139. The molecule has 14 N–H and O–H groups in total. The molecule has 7 atom stereocenters. The number of rotatable bonds is 37. The lowest BCUT2D eigenvalue weighted by Gasteiger charge is -2.28. The Balaban J connectivity index is 1.90. The number of amides is 10. The summed E-state index contributed by atoms with van der Waals surface area (Å²) in [6.45, 7) is 8.67. The van der Waals surface area contributed by atoms with E-state index in [1.165, 1.54) is 48.5 Å². The van der Waals surface area contributed by atoms with Crippen LogP contribution in [0.2, 0.25) is 0 Å². The summed E-state index contributed by atoms with van der Waals surface area (Å²) in [7, 11) is 0. The third-order valence-corrected chi connectivity index (χ3v) is 14.6. The molecular weight excluding hydrogens is 1180 g/mol. The van der Waals surface area contributed by atoms with Gasteiger partial charge in [0.25, 0.3) is 5.91 Å². The number of halogens is 3. The molecule has 3 aromatic rings. The molecule has 0 heterocycles. The number of unbranched alkanes of at least 4 members (excludes halogenated alkanes) is 1. The third kappa shape index (κ3) is 26.9. The van der Waals surface area contributed by atoms with Crippen molar-refractivity contribution >= 4 is 82.8 Å². The Morgan fingerprint density at radius 3 is 1.61 bits per heavy atom. The first kappa shape index (κ1) is 73.5. The number of carboxylic acids is 2. The maximum absolute atomic E-state index is 14.5. The molecule has 3 rings (SSSR count). The van der Waals surface area contributed by atoms with Gasteiger partial charge in [0, 0.05) is 37.1 Å². The van der Waals surface area contributed by atoms with Crippen LogP contribution in [0.3, 0.4) is 0 Å². The Kier molecular flexibility index (Phi) is 30.4. The average molecular weight is 1260 g/mol. The van der Waals surface area contributed by atoms with Crippen LogP contribution in [-0.4, -0.2) is 147 Å². The summed E-state index contributed by atoms with van der Waals surface area (Å²) in [6, 6.07) is 9.05. The first-order chi connectivity index (χ1) is 41.3. The molecule has 0 aliphatic rings. The monoisotopic (exact) mass is 1260 g/mol. The van der Waals surface area contributed by atoms with Gasteiger partial charge >= 0.3 is 18.1 Å². The van der Waals surface area contributed by atoms with Crippen molar-refractivity contribution in [3.8, 4) is 5.75 Å². The van der Waals surface area contributed by atoms with Gasteiger partial charge in [-0.05, 0) is 97.4 Å². The molecule has 0 bridgehead atoms. The van der Waals surface area contributed by atoms with Gasteiger partial charge in [-0.2, -0.15) is 13.2 Å². The van der Waals surface area contributed by atoms with E-state index in [-0.39, 0.29) is 61.6 Å². The smallest absolute Gasteiger partial charge is 0.416 e. The number of benzene rings is 3. The standard InChI is InChI=1S/C59H79F3N10O15S/c1-32(2)26-42(70-57(85)50(34(5)6)72-47(76)29-65-52(80)37-12-8-7-9-13-37)56(84)67-40(14-10-11-25-64-45(74)28-44(58(86)87)88-31-36-15-19-38(20-16-36)59(60,61)62)54(82)68-41(23-24-48(77)78)55(83)69-43(27-35-17-21-39(73)22-18-35)53(81)66-30-46(75)71-49(33(3)4)51(63)79/h7-9,12-13,15-22,32-34,40-44,49-50,73H,10-11,14,23-31H2,1-6H3,(H2,63,79)(H,64,74)(H,65,80)(H,66,81)(H,67,84)(H,68,82)(H,69,83)(H,70,85)(H,71,75)(H,72,76)(H,77,78)(H,86,87)/t40-,41-,42-,43-,44+,49-,50-/m0/s1. The fourth-order valence-corrected chi connectivity index (χ4v) is 9.50. The summed E-state index contributed by atoms with van der Waals surface area (Å²) in [5.41, 5.74) is 5.58. The van der Waals surface area contributed by atoms with E-state index in [0.717, 1.165) is 23.9 Å². The minimum atomic E-state index is -4.58. The Morgan fingerprint density at radius 2 is 1.08 bits per heavy atom. The summed E-state index contributed by atoms with van der Waals surface area (Å²) in [5, 5.41) is 50.8.